The first-order chi connectivity index (χ1) is 8.83. The fourth-order valence-corrected chi connectivity index (χ4v) is 3.10. The minimum absolute atomic E-state index is 0.236. The molecular formula is C10H11ClN6S. The van der Waals surface area contributed by atoms with Gasteiger partial charge in [-0.2, -0.15) is 0 Å². The van der Waals surface area contributed by atoms with Crippen molar-refractivity contribution in [2.75, 3.05) is 0 Å². The third-order valence-corrected chi connectivity index (χ3v) is 4.00. The van der Waals surface area contributed by atoms with Gasteiger partial charge in [-0.05, 0) is 52.7 Å². The van der Waals surface area contributed by atoms with E-state index in [1.165, 1.54) is 24.6 Å². The number of tetrazole rings is 1. The molecule has 18 heavy (non-hydrogen) atoms. The van der Waals surface area contributed by atoms with Gasteiger partial charge in [0.1, 0.15) is 5.03 Å². The first-order valence-electron chi connectivity index (χ1n) is 5.77. The van der Waals surface area contributed by atoms with Gasteiger partial charge in [0.2, 0.25) is 10.4 Å². The molecule has 0 bridgehead atoms. The second-order valence-corrected chi connectivity index (χ2v) is 5.44. The van der Waals surface area contributed by atoms with Gasteiger partial charge in [-0.25, -0.2) is 14.6 Å². The average molecular weight is 283 g/mol. The lowest BCUT2D eigenvalue weighted by molar-refractivity contribution is 0.423. The molecule has 2 aromatic heterocycles. The molecule has 1 fully saturated rings. The Bertz CT molecular complexity index is 539. The molecule has 3 rings (SSSR count). The van der Waals surface area contributed by atoms with E-state index >= 15 is 0 Å². The van der Waals surface area contributed by atoms with Gasteiger partial charge in [0.05, 0.1) is 6.04 Å². The summed E-state index contributed by atoms with van der Waals surface area (Å²) in [5.41, 5.74) is 0. The summed E-state index contributed by atoms with van der Waals surface area (Å²) in [5, 5.41) is 13.6. The van der Waals surface area contributed by atoms with E-state index in [9.17, 15) is 0 Å². The molecule has 0 saturated heterocycles. The Morgan fingerprint density at radius 3 is 2.94 bits per heavy atom. The van der Waals surface area contributed by atoms with Gasteiger partial charge in [-0.3, -0.25) is 0 Å². The fourth-order valence-electron chi connectivity index (χ4n) is 2.10. The molecule has 0 amide bonds. The Hall–Kier alpha value is -1.21. The van der Waals surface area contributed by atoms with E-state index in [2.05, 4.69) is 25.5 Å². The van der Waals surface area contributed by atoms with E-state index in [0.29, 0.717) is 6.04 Å². The van der Waals surface area contributed by atoms with Crippen LogP contribution in [0.1, 0.15) is 31.7 Å². The Morgan fingerprint density at radius 2 is 2.17 bits per heavy atom. The number of hydrogen-bond acceptors (Lipinski definition) is 6. The van der Waals surface area contributed by atoms with Gasteiger partial charge in [0.25, 0.3) is 0 Å². The van der Waals surface area contributed by atoms with E-state index in [-0.39, 0.29) is 5.28 Å². The maximum absolute atomic E-state index is 5.76. The molecule has 0 aliphatic heterocycles. The van der Waals surface area contributed by atoms with E-state index in [4.69, 9.17) is 11.6 Å². The Morgan fingerprint density at radius 1 is 1.33 bits per heavy atom. The van der Waals surface area contributed by atoms with Crippen LogP contribution in [-0.2, 0) is 0 Å². The zero-order valence-corrected chi connectivity index (χ0v) is 11.1. The Kier molecular flexibility index (Phi) is 3.42. The SMILES string of the molecule is Clc1nccc(Sc2nnnn2C2CCCC2)n1. The molecule has 0 radical (unpaired) electrons. The van der Waals surface area contributed by atoms with E-state index in [0.717, 1.165) is 23.0 Å². The Labute approximate surface area is 113 Å². The molecular weight excluding hydrogens is 272 g/mol. The van der Waals surface area contributed by atoms with Crippen LogP contribution >= 0.6 is 23.4 Å². The third-order valence-electron chi connectivity index (χ3n) is 2.93. The highest BCUT2D eigenvalue weighted by Gasteiger charge is 2.22. The molecule has 0 spiro atoms. The van der Waals surface area contributed by atoms with Gasteiger partial charge in [0.15, 0.2) is 0 Å². The van der Waals surface area contributed by atoms with Crippen molar-refractivity contribution in [1.29, 1.82) is 0 Å². The number of aromatic nitrogens is 6. The minimum atomic E-state index is 0.236. The van der Waals surface area contributed by atoms with E-state index < -0.39 is 0 Å². The summed E-state index contributed by atoms with van der Waals surface area (Å²) in [7, 11) is 0. The first kappa shape index (κ1) is 11.9. The van der Waals surface area contributed by atoms with Crippen molar-refractivity contribution in [3.8, 4) is 0 Å². The molecule has 1 aliphatic carbocycles. The quantitative estimate of drug-likeness (QED) is 0.636. The molecule has 8 heteroatoms. The maximum Gasteiger partial charge on any atom is 0.223 e. The van der Waals surface area contributed by atoms with Crippen LogP contribution in [0.3, 0.4) is 0 Å². The number of rotatable bonds is 3. The molecule has 0 aromatic carbocycles. The third kappa shape index (κ3) is 2.46. The van der Waals surface area contributed by atoms with Crippen LogP contribution in [-0.4, -0.2) is 30.2 Å². The lowest BCUT2D eigenvalue weighted by Crippen LogP contribution is -2.08. The summed E-state index contributed by atoms with van der Waals surface area (Å²) in [6, 6.07) is 2.21. The second-order valence-electron chi connectivity index (χ2n) is 4.11. The maximum atomic E-state index is 5.76. The smallest absolute Gasteiger partial charge is 0.223 e. The van der Waals surface area contributed by atoms with Gasteiger partial charge < -0.3 is 0 Å². The predicted octanol–water partition coefficient (Wildman–Crippen LogP) is 2.38. The van der Waals surface area contributed by atoms with Crippen molar-refractivity contribution in [3.05, 3.63) is 17.5 Å². The second kappa shape index (κ2) is 5.19. The summed E-state index contributed by atoms with van der Waals surface area (Å²) in [5.74, 6) is 0. The molecule has 6 nitrogen and oxygen atoms in total. The van der Waals surface area contributed by atoms with Crippen molar-refractivity contribution >= 4 is 23.4 Å². The number of halogens is 1. The Balaban J connectivity index is 1.82. The summed E-state index contributed by atoms with van der Waals surface area (Å²) >= 11 is 7.17. The van der Waals surface area contributed by atoms with Crippen LogP contribution in [0, 0.1) is 0 Å². The summed E-state index contributed by atoms with van der Waals surface area (Å²) in [6.07, 6.45) is 6.40. The normalized spacial score (nSPS) is 16.3. The summed E-state index contributed by atoms with van der Waals surface area (Å²) < 4.78 is 1.90. The van der Waals surface area contributed by atoms with Crippen molar-refractivity contribution in [2.24, 2.45) is 0 Å². The minimum Gasteiger partial charge on any atom is -0.226 e. The van der Waals surface area contributed by atoms with Crippen LogP contribution in [0.2, 0.25) is 5.28 Å². The highest BCUT2D eigenvalue weighted by molar-refractivity contribution is 7.99. The standard InChI is InChI=1S/C10H11ClN6S/c11-9-12-6-5-8(13-9)18-10-14-15-16-17(10)7-3-1-2-4-7/h5-7H,1-4H2. The van der Waals surface area contributed by atoms with Crippen molar-refractivity contribution in [2.45, 2.75) is 41.9 Å². The van der Waals surface area contributed by atoms with E-state index in [1.54, 1.807) is 12.3 Å². The molecule has 2 aromatic rings. The first-order valence-corrected chi connectivity index (χ1v) is 6.96. The van der Waals surface area contributed by atoms with Crippen molar-refractivity contribution in [1.82, 2.24) is 30.2 Å². The lowest BCUT2D eigenvalue weighted by Gasteiger charge is -2.10. The number of nitrogens with zero attached hydrogens (tertiary/aromatic N) is 6. The van der Waals surface area contributed by atoms with E-state index in [1.807, 2.05) is 4.68 Å². The largest absolute Gasteiger partial charge is 0.226 e. The van der Waals surface area contributed by atoms with Crippen LogP contribution in [0.5, 0.6) is 0 Å². The lowest BCUT2D eigenvalue weighted by atomic mass is 10.3. The van der Waals surface area contributed by atoms with Crippen LogP contribution in [0.25, 0.3) is 0 Å². The highest BCUT2D eigenvalue weighted by Crippen LogP contribution is 2.33. The van der Waals surface area contributed by atoms with Gasteiger partial charge >= 0.3 is 0 Å². The number of hydrogen-bond donors (Lipinski definition) is 0. The molecule has 1 aliphatic rings. The summed E-state index contributed by atoms with van der Waals surface area (Å²) in [6.45, 7) is 0. The monoisotopic (exact) mass is 282 g/mol. The average Bonchev–Trinajstić information content (AvgIpc) is 2.98. The predicted molar refractivity (Wildman–Crippen MR) is 66.5 cm³/mol. The zero-order chi connectivity index (χ0) is 12.4. The van der Waals surface area contributed by atoms with Crippen molar-refractivity contribution < 1.29 is 0 Å². The van der Waals surface area contributed by atoms with Crippen molar-refractivity contribution in [3.63, 3.8) is 0 Å². The van der Waals surface area contributed by atoms with Crippen LogP contribution < -0.4 is 0 Å². The molecule has 0 atom stereocenters. The van der Waals surface area contributed by atoms with Gasteiger partial charge in [-0.15, -0.1) is 5.10 Å². The molecule has 1 saturated carbocycles. The molecule has 0 unspecified atom stereocenters. The molecule has 94 valence electrons. The molecule has 0 N–H and O–H groups in total. The van der Waals surface area contributed by atoms with Crippen LogP contribution in [0.15, 0.2) is 22.4 Å². The fraction of sp³-hybridized carbons (Fsp3) is 0.500. The highest BCUT2D eigenvalue weighted by atomic mass is 35.5. The zero-order valence-electron chi connectivity index (χ0n) is 9.53. The summed E-state index contributed by atoms with van der Waals surface area (Å²) in [4.78, 5) is 7.98. The van der Waals surface area contributed by atoms with Crippen LogP contribution in [0.4, 0.5) is 0 Å². The topological polar surface area (TPSA) is 69.4 Å². The van der Waals surface area contributed by atoms with Gasteiger partial charge in [-0.1, -0.05) is 12.8 Å². The van der Waals surface area contributed by atoms with Gasteiger partial charge in [0, 0.05) is 6.20 Å². The molecule has 2 heterocycles.